The molecule has 1 heterocycles. The lowest BCUT2D eigenvalue weighted by atomic mass is 9.84. The molecule has 1 aromatic heterocycles. The Bertz CT molecular complexity index is 686. The van der Waals surface area contributed by atoms with Gasteiger partial charge in [-0.2, -0.15) is 0 Å². The molecule has 1 aliphatic rings. The highest BCUT2D eigenvalue weighted by Crippen LogP contribution is 2.36. The van der Waals surface area contributed by atoms with E-state index in [0.29, 0.717) is 18.6 Å². The number of carbonyl (C=O) groups excluding carboxylic acids is 2. The number of ether oxygens (including phenoxy) is 1. The van der Waals surface area contributed by atoms with Crippen molar-refractivity contribution < 1.29 is 14.3 Å². The summed E-state index contributed by atoms with van der Waals surface area (Å²) in [6.07, 6.45) is 3.42. The smallest absolute Gasteiger partial charge is 0.310 e. The molecule has 1 aliphatic carbocycles. The molecular formula is C17H19NO3. The van der Waals surface area contributed by atoms with Gasteiger partial charge in [0, 0.05) is 35.4 Å². The molecule has 2 aromatic rings. The fourth-order valence-corrected chi connectivity index (χ4v) is 3.25. The van der Waals surface area contributed by atoms with Gasteiger partial charge < -0.3 is 9.72 Å². The summed E-state index contributed by atoms with van der Waals surface area (Å²) < 4.78 is 4.82. The molecule has 1 fully saturated rings. The van der Waals surface area contributed by atoms with E-state index in [9.17, 15) is 9.59 Å². The van der Waals surface area contributed by atoms with Crippen LogP contribution in [0.5, 0.6) is 0 Å². The van der Waals surface area contributed by atoms with Gasteiger partial charge in [0.15, 0.2) is 0 Å². The van der Waals surface area contributed by atoms with Crippen molar-refractivity contribution in [3.63, 3.8) is 0 Å². The van der Waals surface area contributed by atoms with Crippen molar-refractivity contribution in [3.05, 3.63) is 35.5 Å². The summed E-state index contributed by atoms with van der Waals surface area (Å²) in [5, 5.41) is 1.05. The van der Waals surface area contributed by atoms with Crippen LogP contribution in [0.3, 0.4) is 0 Å². The van der Waals surface area contributed by atoms with Crippen molar-refractivity contribution in [2.75, 3.05) is 7.11 Å². The van der Waals surface area contributed by atoms with Crippen LogP contribution in [0.4, 0.5) is 0 Å². The molecule has 21 heavy (non-hydrogen) atoms. The first-order chi connectivity index (χ1) is 10.2. The zero-order chi connectivity index (χ0) is 14.8. The van der Waals surface area contributed by atoms with Crippen molar-refractivity contribution in [3.8, 4) is 0 Å². The SMILES string of the molecule is COC(=O)Cc1c(C2CCCC(=O)C2)[nH]c2ccccc12. The van der Waals surface area contributed by atoms with Gasteiger partial charge in [0.2, 0.25) is 0 Å². The Kier molecular flexibility index (Phi) is 3.78. The molecule has 1 atom stereocenters. The molecule has 0 amide bonds. The van der Waals surface area contributed by atoms with E-state index >= 15 is 0 Å². The number of para-hydroxylation sites is 1. The average molecular weight is 285 g/mol. The lowest BCUT2D eigenvalue weighted by Crippen LogP contribution is -2.16. The highest BCUT2D eigenvalue weighted by molar-refractivity contribution is 5.89. The lowest BCUT2D eigenvalue weighted by molar-refractivity contribution is -0.139. The summed E-state index contributed by atoms with van der Waals surface area (Å²) in [5.74, 6) is 0.260. The first-order valence-corrected chi connectivity index (χ1v) is 7.37. The van der Waals surface area contributed by atoms with E-state index in [2.05, 4.69) is 4.98 Å². The Morgan fingerprint density at radius 2 is 2.19 bits per heavy atom. The number of hydrogen-bond acceptors (Lipinski definition) is 3. The van der Waals surface area contributed by atoms with Gasteiger partial charge in [0.05, 0.1) is 13.5 Å². The third-order valence-electron chi connectivity index (χ3n) is 4.29. The van der Waals surface area contributed by atoms with Gasteiger partial charge in [-0.15, -0.1) is 0 Å². The fourth-order valence-electron chi connectivity index (χ4n) is 3.25. The summed E-state index contributed by atoms with van der Waals surface area (Å²) in [4.78, 5) is 26.9. The molecule has 4 heteroatoms. The molecular weight excluding hydrogens is 266 g/mol. The number of benzene rings is 1. The molecule has 1 N–H and O–H groups in total. The first kappa shape index (κ1) is 13.9. The number of esters is 1. The average Bonchev–Trinajstić information content (AvgIpc) is 2.86. The number of nitrogens with one attached hydrogen (secondary N) is 1. The van der Waals surface area contributed by atoms with E-state index in [4.69, 9.17) is 4.74 Å². The Hall–Kier alpha value is -2.10. The van der Waals surface area contributed by atoms with Gasteiger partial charge in [0.1, 0.15) is 5.78 Å². The molecule has 1 saturated carbocycles. The number of Topliss-reactive ketones (excluding diaryl/α,β-unsaturated/α-hetero) is 1. The van der Waals surface area contributed by atoms with Crippen molar-refractivity contribution in [2.24, 2.45) is 0 Å². The van der Waals surface area contributed by atoms with Crippen LogP contribution < -0.4 is 0 Å². The van der Waals surface area contributed by atoms with Gasteiger partial charge >= 0.3 is 5.97 Å². The third-order valence-corrected chi connectivity index (χ3v) is 4.29. The maximum absolute atomic E-state index is 11.7. The van der Waals surface area contributed by atoms with E-state index in [1.165, 1.54) is 7.11 Å². The summed E-state index contributed by atoms with van der Waals surface area (Å²) in [6, 6.07) is 7.95. The van der Waals surface area contributed by atoms with Gasteiger partial charge in [-0.25, -0.2) is 0 Å². The van der Waals surface area contributed by atoms with Crippen LogP contribution in [0, 0.1) is 0 Å². The highest BCUT2D eigenvalue weighted by atomic mass is 16.5. The van der Waals surface area contributed by atoms with Crippen LogP contribution in [0.1, 0.15) is 42.9 Å². The quantitative estimate of drug-likeness (QED) is 0.881. The molecule has 0 bridgehead atoms. The number of hydrogen-bond donors (Lipinski definition) is 1. The molecule has 110 valence electrons. The maximum Gasteiger partial charge on any atom is 0.310 e. The fraction of sp³-hybridized carbons (Fsp3) is 0.412. The number of aromatic nitrogens is 1. The Labute approximate surface area is 123 Å². The van der Waals surface area contributed by atoms with Gasteiger partial charge in [-0.3, -0.25) is 9.59 Å². The van der Waals surface area contributed by atoms with E-state index < -0.39 is 0 Å². The summed E-state index contributed by atoms with van der Waals surface area (Å²) in [5.41, 5.74) is 3.04. The predicted octanol–water partition coefficient (Wildman–Crippen LogP) is 3.11. The van der Waals surface area contributed by atoms with Crippen LogP contribution in [0.2, 0.25) is 0 Å². The number of aromatic amines is 1. The van der Waals surface area contributed by atoms with E-state index in [0.717, 1.165) is 35.0 Å². The second-order valence-corrected chi connectivity index (χ2v) is 5.65. The van der Waals surface area contributed by atoms with Crippen molar-refractivity contribution >= 4 is 22.7 Å². The van der Waals surface area contributed by atoms with Crippen LogP contribution in [-0.2, 0) is 20.7 Å². The normalized spacial score (nSPS) is 18.9. The molecule has 1 aromatic carbocycles. The van der Waals surface area contributed by atoms with Crippen LogP contribution in [0.15, 0.2) is 24.3 Å². The van der Waals surface area contributed by atoms with Gasteiger partial charge in [0.25, 0.3) is 0 Å². The Morgan fingerprint density at radius 3 is 2.95 bits per heavy atom. The number of ketones is 1. The van der Waals surface area contributed by atoms with Gasteiger partial charge in [-0.05, 0) is 24.5 Å². The monoisotopic (exact) mass is 285 g/mol. The number of fused-ring (bicyclic) bond motifs is 1. The highest BCUT2D eigenvalue weighted by Gasteiger charge is 2.26. The van der Waals surface area contributed by atoms with Crippen molar-refractivity contribution in [2.45, 2.75) is 38.0 Å². The Morgan fingerprint density at radius 1 is 1.38 bits per heavy atom. The standard InChI is InChI=1S/C17H19NO3/c1-21-16(20)10-14-13-7-2-3-8-15(13)18-17(14)11-5-4-6-12(19)9-11/h2-3,7-8,11,18H,4-6,9-10H2,1H3. The summed E-state index contributed by atoms with van der Waals surface area (Å²) >= 11 is 0. The van der Waals surface area contributed by atoms with E-state index in [-0.39, 0.29) is 18.3 Å². The predicted molar refractivity (Wildman–Crippen MR) is 80.2 cm³/mol. The van der Waals surface area contributed by atoms with Crippen molar-refractivity contribution in [1.29, 1.82) is 0 Å². The zero-order valence-electron chi connectivity index (χ0n) is 12.1. The molecule has 0 spiro atoms. The first-order valence-electron chi connectivity index (χ1n) is 7.37. The minimum absolute atomic E-state index is 0.193. The number of rotatable bonds is 3. The van der Waals surface area contributed by atoms with Crippen LogP contribution in [-0.4, -0.2) is 23.8 Å². The third kappa shape index (κ3) is 2.71. The molecule has 4 nitrogen and oxygen atoms in total. The second kappa shape index (κ2) is 5.72. The number of carbonyl (C=O) groups is 2. The minimum atomic E-state index is -0.247. The van der Waals surface area contributed by atoms with E-state index in [1.54, 1.807) is 0 Å². The van der Waals surface area contributed by atoms with Crippen LogP contribution >= 0.6 is 0 Å². The molecule has 0 saturated heterocycles. The molecule has 1 unspecified atom stereocenters. The van der Waals surface area contributed by atoms with Crippen LogP contribution in [0.25, 0.3) is 10.9 Å². The topological polar surface area (TPSA) is 59.2 Å². The van der Waals surface area contributed by atoms with E-state index in [1.807, 2.05) is 24.3 Å². The maximum atomic E-state index is 11.7. The number of methoxy groups -OCH3 is 1. The summed E-state index contributed by atoms with van der Waals surface area (Å²) in [7, 11) is 1.40. The Balaban J connectivity index is 2.05. The van der Waals surface area contributed by atoms with Gasteiger partial charge in [-0.1, -0.05) is 18.2 Å². The molecule has 0 aliphatic heterocycles. The van der Waals surface area contributed by atoms with Crippen molar-refractivity contribution in [1.82, 2.24) is 4.98 Å². The number of H-pyrrole nitrogens is 1. The summed E-state index contributed by atoms with van der Waals surface area (Å²) in [6.45, 7) is 0. The molecule has 3 rings (SSSR count). The second-order valence-electron chi connectivity index (χ2n) is 5.65. The minimum Gasteiger partial charge on any atom is -0.469 e. The largest absolute Gasteiger partial charge is 0.469 e. The molecule has 0 radical (unpaired) electrons. The zero-order valence-corrected chi connectivity index (χ0v) is 12.1. The lowest BCUT2D eigenvalue weighted by Gasteiger charge is -2.21.